The number of benzene rings is 1. The van der Waals surface area contributed by atoms with Crippen LogP contribution in [0, 0.1) is 6.92 Å². The molecule has 0 aromatic heterocycles. The second-order valence-corrected chi connectivity index (χ2v) is 6.27. The Balaban J connectivity index is 0.00000338. The topological polar surface area (TPSA) is 55.3 Å². The van der Waals surface area contributed by atoms with E-state index in [1.807, 2.05) is 24.1 Å². The van der Waals surface area contributed by atoms with E-state index in [1.165, 1.54) is 5.56 Å². The Hall–Kier alpha value is -1.06. The number of guanidine groups is 1. The van der Waals surface area contributed by atoms with Gasteiger partial charge in [-0.05, 0) is 31.9 Å². The van der Waals surface area contributed by atoms with E-state index in [0.717, 1.165) is 44.2 Å². The normalized spacial score (nSPS) is 16.9. The van der Waals surface area contributed by atoms with Gasteiger partial charge < -0.3 is 24.4 Å². The van der Waals surface area contributed by atoms with Crippen LogP contribution >= 0.6 is 24.0 Å². The summed E-state index contributed by atoms with van der Waals surface area (Å²) in [7, 11) is 3.79. The van der Waals surface area contributed by atoms with E-state index in [2.05, 4.69) is 29.4 Å². The molecular formula is C19H32IN3O3. The van der Waals surface area contributed by atoms with E-state index in [-0.39, 0.29) is 30.1 Å². The quantitative estimate of drug-likeness (QED) is 0.257. The van der Waals surface area contributed by atoms with E-state index in [4.69, 9.17) is 14.2 Å². The predicted octanol–water partition coefficient (Wildman–Crippen LogP) is 2.69. The van der Waals surface area contributed by atoms with Gasteiger partial charge in [-0.2, -0.15) is 0 Å². The fraction of sp³-hybridized carbons (Fsp3) is 0.632. The van der Waals surface area contributed by atoms with Gasteiger partial charge in [-0.3, -0.25) is 4.99 Å². The van der Waals surface area contributed by atoms with Crippen LogP contribution in [0.3, 0.4) is 0 Å². The third-order valence-corrected chi connectivity index (χ3v) is 4.15. The molecule has 1 aromatic rings. The predicted molar refractivity (Wildman–Crippen MR) is 116 cm³/mol. The third-order valence-electron chi connectivity index (χ3n) is 4.15. The molecule has 0 aliphatic carbocycles. The highest BCUT2D eigenvalue weighted by Crippen LogP contribution is 2.12. The van der Waals surface area contributed by atoms with E-state index in [0.29, 0.717) is 19.8 Å². The molecule has 7 heteroatoms. The molecular weight excluding hydrogens is 445 g/mol. The van der Waals surface area contributed by atoms with Crippen LogP contribution in [-0.2, 0) is 9.47 Å². The van der Waals surface area contributed by atoms with Crippen LogP contribution < -0.4 is 10.1 Å². The molecule has 1 atom stereocenters. The van der Waals surface area contributed by atoms with Gasteiger partial charge in [0.2, 0.25) is 0 Å². The molecule has 148 valence electrons. The summed E-state index contributed by atoms with van der Waals surface area (Å²) >= 11 is 0. The maximum atomic E-state index is 5.76. The first-order valence-electron chi connectivity index (χ1n) is 8.99. The first-order valence-corrected chi connectivity index (χ1v) is 8.99. The SMILES string of the molecule is CN=C(NCCOCC1CCCO1)N(C)CCOc1ccc(C)cc1.I. The summed E-state index contributed by atoms with van der Waals surface area (Å²) in [5.74, 6) is 1.73. The largest absolute Gasteiger partial charge is 0.492 e. The first kappa shape index (κ1) is 23.0. The van der Waals surface area contributed by atoms with Crippen LogP contribution in [0.25, 0.3) is 0 Å². The Morgan fingerprint density at radius 3 is 2.73 bits per heavy atom. The number of rotatable bonds is 9. The zero-order valence-corrected chi connectivity index (χ0v) is 18.4. The summed E-state index contributed by atoms with van der Waals surface area (Å²) in [5, 5.41) is 3.31. The smallest absolute Gasteiger partial charge is 0.193 e. The summed E-state index contributed by atoms with van der Waals surface area (Å²) in [6.45, 7) is 6.35. The van der Waals surface area contributed by atoms with E-state index < -0.39 is 0 Å². The summed E-state index contributed by atoms with van der Waals surface area (Å²) in [5.41, 5.74) is 1.23. The molecule has 1 fully saturated rings. The number of nitrogens with zero attached hydrogens (tertiary/aromatic N) is 2. The average Bonchev–Trinajstić information content (AvgIpc) is 3.13. The fourth-order valence-corrected chi connectivity index (χ4v) is 2.65. The van der Waals surface area contributed by atoms with Gasteiger partial charge in [0.05, 0.1) is 25.9 Å². The van der Waals surface area contributed by atoms with Gasteiger partial charge in [0.15, 0.2) is 5.96 Å². The minimum atomic E-state index is 0. The van der Waals surface area contributed by atoms with Gasteiger partial charge in [-0.15, -0.1) is 24.0 Å². The van der Waals surface area contributed by atoms with Crippen molar-refractivity contribution in [2.24, 2.45) is 4.99 Å². The fourth-order valence-electron chi connectivity index (χ4n) is 2.65. The minimum absolute atomic E-state index is 0. The van der Waals surface area contributed by atoms with Crippen LogP contribution in [-0.4, -0.2) is 70.6 Å². The lowest BCUT2D eigenvalue weighted by atomic mass is 10.2. The Bertz CT molecular complexity index is 519. The monoisotopic (exact) mass is 477 g/mol. The van der Waals surface area contributed by atoms with Gasteiger partial charge in [0, 0.05) is 27.2 Å². The molecule has 1 unspecified atom stereocenters. The van der Waals surface area contributed by atoms with Gasteiger partial charge in [-0.1, -0.05) is 17.7 Å². The molecule has 0 amide bonds. The standard InChI is InChI=1S/C19H31N3O3.HI/c1-16-6-8-17(9-7-16)25-14-11-22(3)19(20-2)21-10-13-23-15-18-5-4-12-24-18;/h6-9,18H,4-5,10-15H2,1-3H3,(H,20,21);1H. The van der Waals surface area contributed by atoms with E-state index >= 15 is 0 Å². The molecule has 2 rings (SSSR count). The molecule has 6 nitrogen and oxygen atoms in total. The summed E-state index contributed by atoms with van der Waals surface area (Å²) < 4.78 is 17.0. The van der Waals surface area contributed by atoms with Crippen molar-refractivity contribution < 1.29 is 14.2 Å². The van der Waals surface area contributed by atoms with Crippen molar-refractivity contribution in [2.75, 3.05) is 53.6 Å². The van der Waals surface area contributed by atoms with Crippen molar-refractivity contribution in [3.63, 3.8) is 0 Å². The highest BCUT2D eigenvalue weighted by atomic mass is 127. The highest BCUT2D eigenvalue weighted by Gasteiger charge is 2.15. The zero-order chi connectivity index (χ0) is 17.9. The van der Waals surface area contributed by atoms with Gasteiger partial charge >= 0.3 is 0 Å². The average molecular weight is 477 g/mol. The molecule has 1 saturated heterocycles. The number of aliphatic imine (C=N–C) groups is 1. The Morgan fingerprint density at radius 1 is 1.31 bits per heavy atom. The number of halogens is 1. The molecule has 0 spiro atoms. The highest BCUT2D eigenvalue weighted by molar-refractivity contribution is 14.0. The van der Waals surface area contributed by atoms with Gasteiger partial charge in [0.1, 0.15) is 12.4 Å². The van der Waals surface area contributed by atoms with Gasteiger partial charge in [-0.25, -0.2) is 0 Å². The third kappa shape index (κ3) is 8.55. The minimum Gasteiger partial charge on any atom is -0.492 e. The van der Waals surface area contributed by atoms with Crippen LogP contribution in [0.4, 0.5) is 0 Å². The molecule has 1 aliphatic heterocycles. The lowest BCUT2D eigenvalue weighted by Crippen LogP contribution is -2.42. The van der Waals surface area contributed by atoms with Crippen molar-refractivity contribution >= 4 is 29.9 Å². The second kappa shape index (κ2) is 13.2. The summed E-state index contributed by atoms with van der Waals surface area (Å²) in [6.07, 6.45) is 2.54. The Kier molecular flexibility index (Phi) is 11.6. The van der Waals surface area contributed by atoms with Crippen LogP contribution in [0.15, 0.2) is 29.3 Å². The molecule has 1 heterocycles. The van der Waals surface area contributed by atoms with Crippen molar-refractivity contribution in [3.8, 4) is 5.75 Å². The van der Waals surface area contributed by atoms with Crippen molar-refractivity contribution in [2.45, 2.75) is 25.9 Å². The molecule has 0 radical (unpaired) electrons. The maximum absolute atomic E-state index is 5.76. The number of likely N-dealkylation sites (N-methyl/N-ethyl adjacent to an activating group) is 1. The zero-order valence-electron chi connectivity index (χ0n) is 16.1. The van der Waals surface area contributed by atoms with Crippen LogP contribution in [0.1, 0.15) is 18.4 Å². The summed E-state index contributed by atoms with van der Waals surface area (Å²) in [6, 6.07) is 8.09. The van der Waals surface area contributed by atoms with Crippen molar-refractivity contribution in [1.82, 2.24) is 10.2 Å². The van der Waals surface area contributed by atoms with E-state index in [1.54, 1.807) is 7.05 Å². The van der Waals surface area contributed by atoms with Gasteiger partial charge in [0.25, 0.3) is 0 Å². The summed E-state index contributed by atoms with van der Waals surface area (Å²) in [4.78, 5) is 6.35. The van der Waals surface area contributed by atoms with E-state index in [9.17, 15) is 0 Å². The second-order valence-electron chi connectivity index (χ2n) is 6.27. The lowest BCUT2D eigenvalue weighted by molar-refractivity contribution is 0.0190. The molecule has 0 bridgehead atoms. The maximum Gasteiger partial charge on any atom is 0.193 e. The molecule has 1 aromatic carbocycles. The number of ether oxygens (including phenoxy) is 3. The molecule has 1 aliphatic rings. The number of hydrogen-bond acceptors (Lipinski definition) is 4. The Labute approximate surface area is 174 Å². The van der Waals surface area contributed by atoms with Crippen molar-refractivity contribution in [1.29, 1.82) is 0 Å². The molecule has 0 saturated carbocycles. The number of hydrogen-bond donors (Lipinski definition) is 1. The lowest BCUT2D eigenvalue weighted by Gasteiger charge is -2.22. The van der Waals surface area contributed by atoms with Crippen molar-refractivity contribution in [3.05, 3.63) is 29.8 Å². The molecule has 26 heavy (non-hydrogen) atoms. The molecule has 1 N–H and O–H groups in total. The number of nitrogens with one attached hydrogen (secondary N) is 1. The Morgan fingerprint density at radius 2 is 2.08 bits per heavy atom. The van der Waals surface area contributed by atoms with Crippen LogP contribution in [0.5, 0.6) is 5.75 Å². The first-order chi connectivity index (χ1) is 12.2. The van der Waals surface area contributed by atoms with Crippen LogP contribution in [0.2, 0.25) is 0 Å². The number of aryl methyl sites for hydroxylation is 1.